The van der Waals surface area contributed by atoms with Crippen LogP contribution in [0.3, 0.4) is 0 Å². The zero-order chi connectivity index (χ0) is 14.3. The number of ether oxygens (including phenoxy) is 1. The minimum absolute atomic E-state index is 0.0711. The number of halogens is 1. The number of rotatable bonds is 2. The molecule has 0 aliphatic rings. The first-order valence-corrected chi connectivity index (χ1v) is 5.75. The van der Waals surface area contributed by atoms with Gasteiger partial charge in [0, 0.05) is 18.8 Å². The molecule has 0 aromatic carbocycles. The minimum atomic E-state index is -0.570. The van der Waals surface area contributed by atoms with Crippen molar-refractivity contribution in [3.05, 3.63) is 24.4 Å². The predicted octanol–water partition coefficient (Wildman–Crippen LogP) is 1.16. The summed E-state index contributed by atoms with van der Waals surface area (Å²) in [5, 5.41) is 4.87. The molecule has 0 aliphatic carbocycles. The van der Waals surface area contributed by atoms with E-state index in [9.17, 15) is 4.39 Å². The number of nitrogen functional groups attached to an aromatic ring is 1. The van der Waals surface area contributed by atoms with Crippen LogP contribution in [-0.2, 0) is 7.05 Å². The molecule has 0 radical (unpaired) electrons. The van der Waals surface area contributed by atoms with E-state index in [2.05, 4.69) is 20.1 Å². The monoisotopic (exact) mass is 274 g/mol. The summed E-state index contributed by atoms with van der Waals surface area (Å²) in [5.41, 5.74) is 7.39. The molecule has 3 aromatic rings. The van der Waals surface area contributed by atoms with Crippen LogP contribution in [0, 0.1) is 5.82 Å². The molecule has 102 valence electrons. The van der Waals surface area contributed by atoms with Gasteiger partial charge in [0.25, 0.3) is 0 Å². The molecule has 0 saturated heterocycles. The van der Waals surface area contributed by atoms with Crippen molar-refractivity contribution in [2.24, 2.45) is 7.05 Å². The van der Waals surface area contributed by atoms with E-state index >= 15 is 0 Å². The van der Waals surface area contributed by atoms with E-state index in [1.165, 1.54) is 25.7 Å². The molecular formula is C12H11FN6O. The van der Waals surface area contributed by atoms with E-state index in [0.29, 0.717) is 22.3 Å². The van der Waals surface area contributed by atoms with Crippen LogP contribution in [0.4, 0.5) is 10.2 Å². The van der Waals surface area contributed by atoms with Crippen molar-refractivity contribution in [3.63, 3.8) is 0 Å². The summed E-state index contributed by atoms with van der Waals surface area (Å²) in [5.74, 6) is -0.355. The Morgan fingerprint density at radius 1 is 1.30 bits per heavy atom. The summed E-state index contributed by atoms with van der Waals surface area (Å²) >= 11 is 0. The van der Waals surface area contributed by atoms with Crippen molar-refractivity contribution in [1.29, 1.82) is 0 Å². The average Bonchev–Trinajstić information content (AvgIpc) is 2.78. The lowest BCUT2D eigenvalue weighted by atomic mass is 10.1. The molecule has 0 amide bonds. The molecule has 0 saturated carbocycles. The maximum atomic E-state index is 13.8. The summed E-state index contributed by atoms with van der Waals surface area (Å²) in [7, 11) is 3.08. The standard InChI is InChI=1S/C12H11FN6O/c1-19-11-8(10(14)16-5-17-11)9(18-19)6-3-7(13)12(20-2)15-4-6/h3-5H,1-2H3,(H2,14,16,17). The third-order valence-corrected chi connectivity index (χ3v) is 2.92. The number of nitrogens with two attached hydrogens (primary N) is 1. The average molecular weight is 274 g/mol. The first-order chi connectivity index (χ1) is 9.61. The first kappa shape index (κ1) is 12.3. The second-order valence-electron chi connectivity index (χ2n) is 4.14. The highest BCUT2D eigenvalue weighted by atomic mass is 19.1. The van der Waals surface area contributed by atoms with Gasteiger partial charge in [0.2, 0.25) is 5.88 Å². The van der Waals surface area contributed by atoms with Crippen molar-refractivity contribution in [2.45, 2.75) is 0 Å². The third-order valence-electron chi connectivity index (χ3n) is 2.92. The SMILES string of the molecule is COc1ncc(-c2nn(C)c3ncnc(N)c23)cc1F. The van der Waals surface area contributed by atoms with Crippen LogP contribution < -0.4 is 10.5 Å². The Morgan fingerprint density at radius 3 is 2.80 bits per heavy atom. The third kappa shape index (κ3) is 1.73. The number of aryl methyl sites for hydroxylation is 1. The van der Waals surface area contributed by atoms with Gasteiger partial charge in [0.1, 0.15) is 17.8 Å². The summed E-state index contributed by atoms with van der Waals surface area (Å²) in [6, 6.07) is 1.29. The van der Waals surface area contributed by atoms with Crippen LogP contribution in [0.5, 0.6) is 5.88 Å². The zero-order valence-electron chi connectivity index (χ0n) is 10.8. The Kier molecular flexibility index (Phi) is 2.70. The van der Waals surface area contributed by atoms with E-state index in [1.807, 2.05) is 0 Å². The lowest BCUT2D eigenvalue weighted by Crippen LogP contribution is -1.95. The Bertz CT molecular complexity index is 800. The topological polar surface area (TPSA) is 91.7 Å². The number of fused-ring (bicyclic) bond motifs is 1. The van der Waals surface area contributed by atoms with Gasteiger partial charge < -0.3 is 10.5 Å². The Morgan fingerprint density at radius 2 is 2.10 bits per heavy atom. The molecule has 7 nitrogen and oxygen atoms in total. The molecule has 3 aromatic heterocycles. The molecule has 8 heteroatoms. The van der Waals surface area contributed by atoms with Gasteiger partial charge in [0.15, 0.2) is 11.5 Å². The first-order valence-electron chi connectivity index (χ1n) is 5.75. The molecule has 2 N–H and O–H groups in total. The zero-order valence-corrected chi connectivity index (χ0v) is 10.8. The fourth-order valence-electron chi connectivity index (χ4n) is 2.02. The number of pyridine rings is 1. The van der Waals surface area contributed by atoms with Gasteiger partial charge in [-0.15, -0.1) is 0 Å². The van der Waals surface area contributed by atoms with Gasteiger partial charge in [-0.2, -0.15) is 5.10 Å². The predicted molar refractivity (Wildman–Crippen MR) is 70.5 cm³/mol. The maximum Gasteiger partial charge on any atom is 0.250 e. The largest absolute Gasteiger partial charge is 0.479 e. The minimum Gasteiger partial charge on any atom is -0.479 e. The van der Waals surface area contributed by atoms with Crippen LogP contribution in [0.2, 0.25) is 0 Å². The van der Waals surface area contributed by atoms with Crippen LogP contribution in [0.25, 0.3) is 22.3 Å². The summed E-state index contributed by atoms with van der Waals surface area (Å²) < 4.78 is 20.1. The van der Waals surface area contributed by atoms with Gasteiger partial charge in [-0.25, -0.2) is 24.0 Å². The molecule has 3 heterocycles. The number of anilines is 1. The highest BCUT2D eigenvalue weighted by Gasteiger charge is 2.17. The van der Waals surface area contributed by atoms with Crippen molar-refractivity contribution in [2.75, 3.05) is 12.8 Å². The van der Waals surface area contributed by atoms with E-state index in [-0.39, 0.29) is 11.7 Å². The molecule has 0 fully saturated rings. The fraction of sp³-hybridized carbons (Fsp3) is 0.167. The molecule has 0 aliphatic heterocycles. The van der Waals surface area contributed by atoms with E-state index in [0.717, 1.165) is 0 Å². The van der Waals surface area contributed by atoms with Crippen molar-refractivity contribution in [3.8, 4) is 17.1 Å². The molecule has 3 rings (SSSR count). The van der Waals surface area contributed by atoms with Gasteiger partial charge in [-0.3, -0.25) is 0 Å². The number of aromatic nitrogens is 5. The lowest BCUT2D eigenvalue weighted by molar-refractivity contribution is 0.369. The molecule has 0 atom stereocenters. The Balaban J connectivity index is 2.27. The van der Waals surface area contributed by atoms with Crippen molar-refractivity contribution >= 4 is 16.9 Å². The number of hydrogen-bond acceptors (Lipinski definition) is 6. The summed E-state index contributed by atoms with van der Waals surface area (Å²) in [4.78, 5) is 11.9. The van der Waals surface area contributed by atoms with Crippen LogP contribution >= 0.6 is 0 Å². The highest BCUT2D eigenvalue weighted by Crippen LogP contribution is 2.30. The molecule has 0 unspecified atom stereocenters. The Labute approximate surface area is 113 Å². The maximum absolute atomic E-state index is 13.8. The Hall–Kier alpha value is -2.77. The van der Waals surface area contributed by atoms with Gasteiger partial charge >= 0.3 is 0 Å². The van der Waals surface area contributed by atoms with Crippen molar-refractivity contribution < 1.29 is 9.13 Å². The molecule has 20 heavy (non-hydrogen) atoms. The number of nitrogens with zero attached hydrogens (tertiary/aromatic N) is 5. The second-order valence-corrected chi connectivity index (χ2v) is 4.14. The summed E-state index contributed by atoms with van der Waals surface area (Å²) in [6.07, 6.45) is 2.83. The van der Waals surface area contributed by atoms with Gasteiger partial charge in [0.05, 0.1) is 12.5 Å². The van der Waals surface area contributed by atoms with E-state index < -0.39 is 5.82 Å². The van der Waals surface area contributed by atoms with E-state index in [1.54, 1.807) is 11.7 Å². The van der Waals surface area contributed by atoms with Crippen molar-refractivity contribution in [1.82, 2.24) is 24.7 Å². The lowest BCUT2D eigenvalue weighted by Gasteiger charge is -2.03. The van der Waals surface area contributed by atoms with Gasteiger partial charge in [-0.05, 0) is 6.07 Å². The normalized spacial score (nSPS) is 10.9. The second kappa shape index (κ2) is 4.41. The summed E-state index contributed by atoms with van der Waals surface area (Å²) in [6.45, 7) is 0. The quantitative estimate of drug-likeness (QED) is 0.753. The van der Waals surface area contributed by atoms with Crippen LogP contribution in [0.1, 0.15) is 0 Å². The molecule has 0 bridgehead atoms. The van der Waals surface area contributed by atoms with Gasteiger partial charge in [-0.1, -0.05) is 0 Å². The molecule has 0 spiro atoms. The number of methoxy groups -OCH3 is 1. The van der Waals surface area contributed by atoms with Crippen LogP contribution in [0.15, 0.2) is 18.6 Å². The van der Waals surface area contributed by atoms with Crippen LogP contribution in [-0.4, -0.2) is 31.8 Å². The smallest absolute Gasteiger partial charge is 0.250 e. The fourth-order valence-corrected chi connectivity index (χ4v) is 2.02. The molecular weight excluding hydrogens is 263 g/mol. The van der Waals surface area contributed by atoms with E-state index in [4.69, 9.17) is 10.5 Å². The number of hydrogen-bond donors (Lipinski definition) is 1. The highest BCUT2D eigenvalue weighted by molar-refractivity contribution is 5.98.